The van der Waals surface area contributed by atoms with Gasteiger partial charge >= 0.3 is 0 Å². The average molecular weight is 326 g/mol. The zero-order valence-electron chi connectivity index (χ0n) is 10.0. The van der Waals surface area contributed by atoms with Crippen LogP contribution in [0, 0.1) is 6.92 Å². The van der Waals surface area contributed by atoms with Crippen LogP contribution < -0.4 is 5.32 Å². The summed E-state index contributed by atoms with van der Waals surface area (Å²) in [6, 6.07) is 5.47. The molecule has 2 rings (SSSR count). The molecular formula is C12H12BrN3OS. The second kappa shape index (κ2) is 5.58. The first-order chi connectivity index (χ1) is 8.60. The van der Waals surface area contributed by atoms with E-state index in [1.807, 2.05) is 26.0 Å². The fourth-order valence-corrected chi connectivity index (χ4v) is 2.32. The lowest BCUT2D eigenvalue weighted by Gasteiger charge is -2.03. The van der Waals surface area contributed by atoms with Crippen molar-refractivity contribution < 1.29 is 4.79 Å². The third kappa shape index (κ3) is 2.94. The van der Waals surface area contributed by atoms with E-state index in [0.29, 0.717) is 10.7 Å². The second-order valence-electron chi connectivity index (χ2n) is 3.77. The number of rotatable bonds is 3. The molecule has 0 unspecified atom stereocenters. The number of aryl methyl sites for hydroxylation is 2. The minimum atomic E-state index is -0.163. The van der Waals surface area contributed by atoms with Crippen molar-refractivity contribution in [3.8, 4) is 0 Å². The molecule has 0 saturated heterocycles. The molecule has 1 heterocycles. The molecule has 0 aliphatic heterocycles. The van der Waals surface area contributed by atoms with Gasteiger partial charge in [0.05, 0.1) is 0 Å². The van der Waals surface area contributed by atoms with Crippen LogP contribution in [0.3, 0.4) is 0 Å². The number of nitrogens with zero attached hydrogens (tertiary/aromatic N) is 2. The minimum Gasteiger partial charge on any atom is -0.296 e. The predicted octanol–water partition coefficient (Wildman–Crippen LogP) is 3.42. The lowest BCUT2D eigenvalue weighted by atomic mass is 10.1. The number of amides is 1. The molecule has 1 amide bonds. The fraction of sp³-hybridized carbons (Fsp3) is 0.250. The Bertz CT molecular complexity index is 582. The van der Waals surface area contributed by atoms with Crippen molar-refractivity contribution in [2.24, 2.45) is 0 Å². The summed E-state index contributed by atoms with van der Waals surface area (Å²) >= 11 is 4.81. The van der Waals surface area contributed by atoms with Crippen molar-refractivity contribution in [1.29, 1.82) is 0 Å². The highest BCUT2D eigenvalue weighted by Gasteiger charge is 2.10. The molecule has 1 aromatic heterocycles. The van der Waals surface area contributed by atoms with Gasteiger partial charge in [0, 0.05) is 10.0 Å². The average Bonchev–Trinajstić information content (AvgIpc) is 2.80. The second-order valence-corrected chi connectivity index (χ2v) is 5.69. The first kappa shape index (κ1) is 13.2. The number of anilines is 1. The van der Waals surface area contributed by atoms with Crippen LogP contribution in [0.2, 0.25) is 0 Å². The zero-order chi connectivity index (χ0) is 13.1. The first-order valence-electron chi connectivity index (χ1n) is 5.50. The van der Waals surface area contributed by atoms with Gasteiger partial charge in [0.15, 0.2) is 0 Å². The number of aromatic nitrogens is 2. The van der Waals surface area contributed by atoms with Crippen LogP contribution in [0.25, 0.3) is 0 Å². The molecule has 0 aliphatic carbocycles. The molecule has 18 heavy (non-hydrogen) atoms. The highest BCUT2D eigenvalue weighted by Crippen LogP contribution is 2.19. The van der Waals surface area contributed by atoms with Crippen molar-refractivity contribution in [2.75, 3.05) is 5.32 Å². The molecule has 0 atom stereocenters. The van der Waals surface area contributed by atoms with E-state index in [1.165, 1.54) is 11.3 Å². The van der Waals surface area contributed by atoms with Crippen LogP contribution in [-0.2, 0) is 6.42 Å². The van der Waals surface area contributed by atoms with Crippen LogP contribution in [0.5, 0.6) is 0 Å². The number of carbonyl (C=O) groups excluding carboxylic acids is 1. The number of benzene rings is 1. The van der Waals surface area contributed by atoms with Crippen molar-refractivity contribution in [1.82, 2.24) is 10.2 Å². The van der Waals surface area contributed by atoms with Gasteiger partial charge in [-0.05, 0) is 37.1 Å². The summed E-state index contributed by atoms with van der Waals surface area (Å²) in [4.78, 5) is 12.0. The van der Waals surface area contributed by atoms with E-state index in [1.54, 1.807) is 6.07 Å². The molecule has 0 bridgehead atoms. The smallest absolute Gasteiger partial charge is 0.257 e. The molecule has 0 saturated carbocycles. The molecule has 0 spiro atoms. The molecule has 0 aliphatic rings. The van der Waals surface area contributed by atoms with Gasteiger partial charge in [-0.1, -0.05) is 34.2 Å². The van der Waals surface area contributed by atoms with Gasteiger partial charge in [-0.25, -0.2) is 0 Å². The lowest BCUT2D eigenvalue weighted by molar-refractivity contribution is 0.102. The summed E-state index contributed by atoms with van der Waals surface area (Å²) in [5.41, 5.74) is 1.64. The molecule has 0 radical (unpaired) electrons. The molecule has 94 valence electrons. The predicted molar refractivity (Wildman–Crippen MR) is 76.1 cm³/mol. The van der Waals surface area contributed by atoms with Crippen LogP contribution in [0.1, 0.15) is 27.9 Å². The molecule has 2 aromatic rings. The molecule has 4 nitrogen and oxygen atoms in total. The van der Waals surface area contributed by atoms with E-state index < -0.39 is 0 Å². The van der Waals surface area contributed by atoms with Crippen LogP contribution in [0.4, 0.5) is 5.13 Å². The molecule has 0 fully saturated rings. The summed E-state index contributed by atoms with van der Waals surface area (Å²) in [5.74, 6) is -0.163. The van der Waals surface area contributed by atoms with E-state index in [2.05, 4.69) is 31.4 Å². The van der Waals surface area contributed by atoms with Gasteiger partial charge in [0.1, 0.15) is 5.01 Å². The Morgan fingerprint density at radius 3 is 2.83 bits per heavy atom. The van der Waals surface area contributed by atoms with Crippen LogP contribution in [0.15, 0.2) is 22.7 Å². The number of nitrogens with one attached hydrogen (secondary N) is 1. The van der Waals surface area contributed by atoms with E-state index in [0.717, 1.165) is 21.5 Å². The normalized spacial score (nSPS) is 10.4. The topological polar surface area (TPSA) is 54.9 Å². The monoisotopic (exact) mass is 325 g/mol. The van der Waals surface area contributed by atoms with Gasteiger partial charge in [0.25, 0.3) is 5.91 Å². The highest BCUT2D eigenvalue weighted by atomic mass is 79.9. The number of carbonyl (C=O) groups is 1. The maximum absolute atomic E-state index is 12.0. The van der Waals surface area contributed by atoms with Gasteiger partial charge in [0.2, 0.25) is 5.13 Å². The summed E-state index contributed by atoms with van der Waals surface area (Å²) in [7, 11) is 0. The van der Waals surface area contributed by atoms with Crippen molar-refractivity contribution in [3.63, 3.8) is 0 Å². The fourth-order valence-electron chi connectivity index (χ4n) is 1.40. The van der Waals surface area contributed by atoms with E-state index >= 15 is 0 Å². The van der Waals surface area contributed by atoms with E-state index in [9.17, 15) is 4.79 Å². The Labute approximate surface area is 118 Å². The Morgan fingerprint density at radius 1 is 1.44 bits per heavy atom. The van der Waals surface area contributed by atoms with Crippen molar-refractivity contribution in [2.45, 2.75) is 20.3 Å². The molecule has 1 N–H and O–H groups in total. The summed E-state index contributed by atoms with van der Waals surface area (Å²) in [5, 5.41) is 12.1. The summed E-state index contributed by atoms with van der Waals surface area (Å²) in [6.45, 7) is 3.95. The molecule has 6 heteroatoms. The van der Waals surface area contributed by atoms with Crippen LogP contribution in [-0.4, -0.2) is 16.1 Å². The lowest BCUT2D eigenvalue weighted by Crippen LogP contribution is -2.11. The molecule has 1 aromatic carbocycles. The van der Waals surface area contributed by atoms with Gasteiger partial charge in [-0.2, -0.15) is 0 Å². The van der Waals surface area contributed by atoms with Gasteiger partial charge in [-0.15, -0.1) is 10.2 Å². The Morgan fingerprint density at radius 2 is 2.22 bits per heavy atom. The first-order valence-corrected chi connectivity index (χ1v) is 7.11. The highest BCUT2D eigenvalue weighted by molar-refractivity contribution is 9.10. The number of halogens is 1. The maximum Gasteiger partial charge on any atom is 0.257 e. The third-order valence-electron chi connectivity index (χ3n) is 2.41. The van der Waals surface area contributed by atoms with Gasteiger partial charge < -0.3 is 0 Å². The quantitative estimate of drug-likeness (QED) is 0.940. The summed E-state index contributed by atoms with van der Waals surface area (Å²) < 4.78 is 0.989. The third-order valence-corrected chi connectivity index (χ3v) is 4.28. The largest absolute Gasteiger partial charge is 0.296 e. The number of hydrogen-bond donors (Lipinski definition) is 1. The van der Waals surface area contributed by atoms with Crippen LogP contribution >= 0.6 is 27.3 Å². The van der Waals surface area contributed by atoms with Gasteiger partial charge in [-0.3, -0.25) is 10.1 Å². The zero-order valence-corrected chi connectivity index (χ0v) is 12.4. The SMILES string of the molecule is CCc1nnc(NC(=O)c2ccc(Br)c(C)c2)s1. The van der Waals surface area contributed by atoms with E-state index in [4.69, 9.17) is 0 Å². The standard InChI is InChI=1S/C12H12BrN3OS/c1-3-10-15-16-12(18-10)14-11(17)8-4-5-9(13)7(2)6-8/h4-6H,3H2,1-2H3,(H,14,16,17). The molecular weight excluding hydrogens is 314 g/mol. The Hall–Kier alpha value is -1.27. The van der Waals surface area contributed by atoms with Crippen molar-refractivity contribution in [3.05, 3.63) is 38.8 Å². The maximum atomic E-state index is 12.0. The van der Waals surface area contributed by atoms with E-state index in [-0.39, 0.29) is 5.91 Å². The number of hydrogen-bond acceptors (Lipinski definition) is 4. The Kier molecular flexibility index (Phi) is 4.08. The minimum absolute atomic E-state index is 0.163. The Balaban J connectivity index is 2.14. The van der Waals surface area contributed by atoms with Crippen molar-refractivity contribution >= 4 is 38.3 Å². The summed E-state index contributed by atoms with van der Waals surface area (Å²) in [6.07, 6.45) is 0.824.